The third kappa shape index (κ3) is 4.66. The zero-order chi connectivity index (χ0) is 26.9. The van der Waals surface area contributed by atoms with Crippen molar-refractivity contribution in [2.24, 2.45) is 0 Å². The Morgan fingerprint density at radius 2 is 1.87 bits per heavy atom. The van der Waals surface area contributed by atoms with E-state index in [1.54, 1.807) is 16.9 Å². The number of anilines is 2. The SMILES string of the molecule is C[C@@H](c1ccc(-n2cc(F)cn2)nc1)N(C)c1ccc(-c2cc(N3CCNCC3)cn3ncc(C#N)c23)cn1. The number of pyridine rings is 3. The van der Waals surface area contributed by atoms with Crippen molar-refractivity contribution in [2.75, 3.05) is 43.0 Å². The van der Waals surface area contributed by atoms with Crippen LogP contribution in [0.4, 0.5) is 15.9 Å². The Bertz CT molecular complexity index is 1640. The molecule has 1 aliphatic rings. The molecule has 1 saturated heterocycles. The molecule has 1 fully saturated rings. The minimum Gasteiger partial charge on any atom is -0.368 e. The molecular weight excluding hydrogens is 495 g/mol. The summed E-state index contributed by atoms with van der Waals surface area (Å²) in [4.78, 5) is 13.6. The molecule has 0 saturated carbocycles. The fourth-order valence-electron chi connectivity index (χ4n) is 4.89. The summed E-state index contributed by atoms with van der Waals surface area (Å²) in [5, 5.41) is 21.5. The third-order valence-electron chi connectivity index (χ3n) is 7.24. The quantitative estimate of drug-likeness (QED) is 0.361. The maximum atomic E-state index is 13.3. The van der Waals surface area contributed by atoms with Gasteiger partial charge in [-0.25, -0.2) is 23.6 Å². The summed E-state index contributed by atoms with van der Waals surface area (Å²) < 4.78 is 16.5. The van der Waals surface area contributed by atoms with Crippen molar-refractivity contribution >= 4 is 17.0 Å². The van der Waals surface area contributed by atoms with Crippen LogP contribution >= 0.6 is 0 Å². The molecule has 0 bridgehead atoms. The molecule has 5 aromatic heterocycles. The topological polar surface area (TPSA) is 103 Å². The van der Waals surface area contributed by atoms with Gasteiger partial charge in [-0.05, 0) is 36.8 Å². The molecule has 11 heteroatoms. The van der Waals surface area contributed by atoms with Crippen LogP contribution in [0.5, 0.6) is 0 Å². The Labute approximate surface area is 224 Å². The minimum absolute atomic E-state index is 0.0120. The number of hydrogen-bond donors (Lipinski definition) is 1. The van der Waals surface area contributed by atoms with Crippen LogP contribution < -0.4 is 15.1 Å². The molecule has 5 aromatic rings. The van der Waals surface area contributed by atoms with E-state index in [1.165, 1.54) is 10.9 Å². The monoisotopic (exact) mass is 522 g/mol. The predicted molar refractivity (Wildman–Crippen MR) is 146 cm³/mol. The van der Waals surface area contributed by atoms with E-state index in [2.05, 4.69) is 49.4 Å². The molecule has 1 N–H and O–H groups in total. The van der Waals surface area contributed by atoms with Gasteiger partial charge in [0.05, 0.1) is 47.6 Å². The van der Waals surface area contributed by atoms with Gasteiger partial charge < -0.3 is 15.1 Å². The molecule has 10 nitrogen and oxygen atoms in total. The molecule has 0 aliphatic carbocycles. The summed E-state index contributed by atoms with van der Waals surface area (Å²) in [5.41, 5.74) is 5.19. The highest BCUT2D eigenvalue weighted by Crippen LogP contribution is 2.32. The number of halogens is 1. The Balaban J connectivity index is 1.27. The average molecular weight is 523 g/mol. The summed E-state index contributed by atoms with van der Waals surface area (Å²) >= 11 is 0. The minimum atomic E-state index is -0.406. The van der Waals surface area contributed by atoms with Crippen LogP contribution in [0.1, 0.15) is 24.1 Å². The fraction of sp³-hybridized carbons (Fsp3) is 0.250. The summed E-state index contributed by atoms with van der Waals surface area (Å²) in [7, 11) is 1.98. The first-order valence-corrected chi connectivity index (χ1v) is 12.7. The van der Waals surface area contributed by atoms with Gasteiger partial charge in [0.25, 0.3) is 0 Å². The number of hydrogen-bond acceptors (Lipinski definition) is 8. The Morgan fingerprint density at radius 3 is 2.54 bits per heavy atom. The van der Waals surface area contributed by atoms with E-state index < -0.39 is 5.82 Å². The van der Waals surface area contributed by atoms with E-state index in [-0.39, 0.29) is 6.04 Å². The van der Waals surface area contributed by atoms with E-state index in [1.807, 2.05) is 43.7 Å². The molecule has 6 rings (SSSR count). The van der Waals surface area contributed by atoms with Crippen molar-refractivity contribution in [3.05, 3.63) is 84.5 Å². The van der Waals surface area contributed by atoms with Crippen LogP contribution in [0, 0.1) is 17.1 Å². The zero-order valence-electron chi connectivity index (χ0n) is 21.7. The molecule has 0 amide bonds. The number of piperazine rings is 1. The summed E-state index contributed by atoms with van der Waals surface area (Å²) in [6.45, 7) is 5.75. The molecule has 39 heavy (non-hydrogen) atoms. The average Bonchev–Trinajstić information content (AvgIpc) is 3.62. The molecule has 0 unspecified atom stereocenters. The first-order valence-electron chi connectivity index (χ1n) is 12.7. The molecule has 0 aromatic carbocycles. The number of fused-ring (bicyclic) bond motifs is 1. The lowest BCUT2D eigenvalue weighted by molar-refractivity contribution is 0.588. The lowest BCUT2D eigenvalue weighted by Gasteiger charge is -2.30. The van der Waals surface area contributed by atoms with Gasteiger partial charge in [-0.2, -0.15) is 15.5 Å². The van der Waals surface area contributed by atoms with E-state index in [0.717, 1.165) is 66.1 Å². The Hall–Kier alpha value is -4.82. The van der Waals surface area contributed by atoms with Crippen molar-refractivity contribution < 1.29 is 4.39 Å². The van der Waals surface area contributed by atoms with E-state index in [4.69, 9.17) is 4.98 Å². The largest absolute Gasteiger partial charge is 0.368 e. The predicted octanol–water partition coefficient (Wildman–Crippen LogP) is 3.59. The van der Waals surface area contributed by atoms with Crippen molar-refractivity contribution in [2.45, 2.75) is 13.0 Å². The fourth-order valence-corrected chi connectivity index (χ4v) is 4.89. The van der Waals surface area contributed by atoms with Crippen LogP contribution in [0.2, 0.25) is 0 Å². The number of aromatic nitrogens is 6. The Morgan fingerprint density at radius 1 is 1.03 bits per heavy atom. The van der Waals surface area contributed by atoms with Gasteiger partial charge in [0.15, 0.2) is 11.6 Å². The lowest BCUT2D eigenvalue weighted by atomic mass is 10.0. The van der Waals surface area contributed by atoms with E-state index in [0.29, 0.717) is 11.4 Å². The number of nitrogens with zero attached hydrogens (tertiary/aromatic N) is 9. The highest BCUT2D eigenvalue weighted by molar-refractivity contribution is 5.86. The van der Waals surface area contributed by atoms with Gasteiger partial charge >= 0.3 is 0 Å². The molecule has 196 valence electrons. The second-order valence-electron chi connectivity index (χ2n) is 9.56. The lowest BCUT2D eigenvalue weighted by Crippen LogP contribution is -2.43. The molecule has 0 radical (unpaired) electrons. The third-order valence-corrected chi connectivity index (χ3v) is 7.24. The maximum Gasteiger partial charge on any atom is 0.161 e. The van der Waals surface area contributed by atoms with Gasteiger partial charge in [0.2, 0.25) is 0 Å². The molecule has 6 heterocycles. The van der Waals surface area contributed by atoms with Crippen molar-refractivity contribution in [3.8, 4) is 23.0 Å². The van der Waals surface area contributed by atoms with Gasteiger partial charge in [0, 0.05) is 56.7 Å². The molecule has 0 spiro atoms. The normalized spacial score (nSPS) is 14.4. The zero-order valence-corrected chi connectivity index (χ0v) is 21.7. The van der Waals surface area contributed by atoms with Crippen molar-refractivity contribution in [1.82, 2.24) is 34.7 Å². The Kier molecular flexibility index (Phi) is 6.38. The van der Waals surface area contributed by atoms with Crippen LogP contribution in [-0.4, -0.2) is 62.6 Å². The smallest absolute Gasteiger partial charge is 0.161 e. The summed E-state index contributed by atoms with van der Waals surface area (Å²) in [5.74, 6) is 0.940. The van der Waals surface area contributed by atoms with Gasteiger partial charge in [0.1, 0.15) is 11.9 Å². The summed E-state index contributed by atoms with van der Waals surface area (Å²) in [6, 6.07) is 12.2. The van der Waals surface area contributed by atoms with E-state index >= 15 is 0 Å². The number of nitrogens with one attached hydrogen (secondary N) is 1. The second kappa shape index (κ2) is 10.2. The van der Waals surface area contributed by atoms with Crippen LogP contribution in [0.15, 0.2) is 67.5 Å². The van der Waals surface area contributed by atoms with Crippen LogP contribution in [-0.2, 0) is 0 Å². The maximum absolute atomic E-state index is 13.3. The van der Waals surface area contributed by atoms with Gasteiger partial charge in [-0.15, -0.1) is 0 Å². The van der Waals surface area contributed by atoms with Gasteiger partial charge in [-0.1, -0.05) is 6.07 Å². The first-order chi connectivity index (χ1) is 19.0. The first kappa shape index (κ1) is 24.5. The number of nitriles is 1. The molecule has 1 atom stereocenters. The van der Waals surface area contributed by atoms with Crippen molar-refractivity contribution in [3.63, 3.8) is 0 Å². The molecular formula is C28H27FN10. The summed E-state index contributed by atoms with van der Waals surface area (Å²) in [6.07, 6.45) is 9.66. The highest BCUT2D eigenvalue weighted by Gasteiger charge is 2.19. The van der Waals surface area contributed by atoms with Crippen molar-refractivity contribution in [1.29, 1.82) is 5.26 Å². The van der Waals surface area contributed by atoms with Gasteiger partial charge in [-0.3, -0.25) is 0 Å². The second-order valence-corrected chi connectivity index (χ2v) is 9.56. The van der Waals surface area contributed by atoms with Crippen LogP contribution in [0.3, 0.4) is 0 Å². The molecule has 1 aliphatic heterocycles. The standard InChI is InChI=1S/C28H27FN10/c1-19(20-3-6-27(33-13-20)38-17-23(29)16-35-38)36(2)26-5-4-21(14-32-26)25-11-24(37-9-7-31-8-10-37)18-39-28(25)22(12-30)15-34-39/h3-6,11,13-19,31H,7-10H2,1-2H3/t19-/m0/s1. The van der Waals surface area contributed by atoms with E-state index in [9.17, 15) is 9.65 Å². The highest BCUT2D eigenvalue weighted by atomic mass is 19.1. The van der Waals surface area contributed by atoms with Crippen LogP contribution in [0.25, 0.3) is 22.5 Å². The number of rotatable bonds is 6.